The third-order valence-electron chi connectivity index (χ3n) is 3.48. The van der Waals surface area contributed by atoms with Crippen LogP contribution in [-0.4, -0.2) is 10.2 Å². The first-order valence-electron chi connectivity index (χ1n) is 6.64. The Morgan fingerprint density at radius 1 is 0.905 bits per heavy atom. The molecule has 3 aromatic carbocycles. The normalized spacial score (nSPS) is 14.8. The summed E-state index contributed by atoms with van der Waals surface area (Å²) in [5.41, 5.74) is 5.10. The lowest BCUT2D eigenvalue weighted by Crippen LogP contribution is -1.96. The molecule has 0 aromatic heterocycles. The molecule has 3 aromatic rings. The minimum Gasteiger partial charge on any atom is -0.507 e. The molecular weight excluding hydrogens is 280 g/mol. The van der Waals surface area contributed by atoms with Crippen molar-refractivity contribution in [1.82, 2.24) is 0 Å². The Morgan fingerprint density at radius 3 is 2.62 bits per heavy atom. The summed E-state index contributed by atoms with van der Waals surface area (Å²) in [6.07, 6.45) is 0. The van der Waals surface area contributed by atoms with Crippen LogP contribution in [0, 0.1) is 0 Å². The number of phenolic OH excluding ortho intramolecular Hbond substituents is 1. The lowest BCUT2D eigenvalue weighted by molar-refractivity contribution is 0.481. The van der Waals surface area contributed by atoms with E-state index in [9.17, 15) is 5.11 Å². The van der Waals surface area contributed by atoms with E-state index in [1.165, 1.54) is 0 Å². The summed E-state index contributed by atoms with van der Waals surface area (Å²) in [5, 5.41) is 17.4. The number of hydrazone groups is 1. The van der Waals surface area contributed by atoms with Crippen molar-refractivity contribution in [2.75, 3.05) is 5.43 Å². The molecule has 0 spiro atoms. The smallest absolute Gasteiger partial charge is 0.129 e. The zero-order chi connectivity index (χ0) is 14.2. The molecule has 0 saturated carbocycles. The standard InChI is InChI=1S/C17H12N2OS/c20-14-10-9-13-16-12(14)7-4-8-15(16)21-17(13)19-18-11-5-2-1-3-6-11/h1-10,18,20H. The first-order chi connectivity index (χ1) is 10.3. The first kappa shape index (κ1) is 12.3. The van der Waals surface area contributed by atoms with Gasteiger partial charge in [-0.15, -0.1) is 0 Å². The van der Waals surface area contributed by atoms with Gasteiger partial charge >= 0.3 is 0 Å². The Kier molecular flexibility index (Phi) is 2.82. The van der Waals surface area contributed by atoms with Gasteiger partial charge in [-0.3, -0.25) is 5.43 Å². The number of phenols is 1. The fourth-order valence-electron chi connectivity index (χ4n) is 2.49. The van der Waals surface area contributed by atoms with Crippen molar-refractivity contribution in [3.8, 4) is 5.75 Å². The van der Waals surface area contributed by atoms with Crippen molar-refractivity contribution in [1.29, 1.82) is 0 Å². The molecule has 0 aliphatic carbocycles. The SMILES string of the molecule is Oc1ccc2c3c(cccc13)SC2=NNc1ccccc1. The number of rotatable bonds is 2. The van der Waals surface area contributed by atoms with E-state index >= 15 is 0 Å². The summed E-state index contributed by atoms with van der Waals surface area (Å²) in [4.78, 5) is 1.13. The van der Waals surface area contributed by atoms with E-state index in [4.69, 9.17) is 0 Å². The molecular formula is C17H12N2OS. The van der Waals surface area contributed by atoms with Gasteiger partial charge in [-0.05, 0) is 30.3 Å². The third kappa shape index (κ3) is 2.04. The zero-order valence-corrected chi connectivity index (χ0v) is 11.9. The van der Waals surface area contributed by atoms with Gasteiger partial charge < -0.3 is 5.11 Å². The number of thioether (sulfide) groups is 1. The van der Waals surface area contributed by atoms with Gasteiger partial charge in [0.25, 0.3) is 0 Å². The van der Waals surface area contributed by atoms with Gasteiger partial charge in [-0.2, -0.15) is 5.10 Å². The van der Waals surface area contributed by atoms with Gasteiger partial charge in [0.05, 0.1) is 5.69 Å². The summed E-state index contributed by atoms with van der Waals surface area (Å²) < 4.78 is 0. The van der Waals surface area contributed by atoms with Gasteiger partial charge in [-0.1, -0.05) is 42.1 Å². The van der Waals surface area contributed by atoms with Gasteiger partial charge in [0.1, 0.15) is 10.8 Å². The molecule has 1 aliphatic rings. The maximum absolute atomic E-state index is 9.98. The predicted molar refractivity (Wildman–Crippen MR) is 88.1 cm³/mol. The second kappa shape index (κ2) is 4.82. The maximum atomic E-state index is 9.98. The van der Waals surface area contributed by atoms with Crippen LogP contribution in [-0.2, 0) is 0 Å². The van der Waals surface area contributed by atoms with Crippen molar-refractivity contribution in [2.45, 2.75) is 4.90 Å². The number of para-hydroxylation sites is 1. The molecule has 0 radical (unpaired) electrons. The largest absolute Gasteiger partial charge is 0.507 e. The molecule has 3 nitrogen and oxygen atoms in total. The minimum atomic E-state index is 0.313. The molecule has 0 amide bonds. The van der Waals surface area contributed by atoms with Crippen LogP contribution in [0.15, 0.2) is 70.7 Å². The van der Waals surface area contributed by atoms with Crippen LogP contribution < -0.4 is 5.43 Å². The first-order valence-corrected chi connectivity index (χ1v) is 7.46. The van der Waals surface area contributed by atoms with Crippen LogP contribution in [0.2, 0.25) is 0 Å². The van der Waals surface area contributed by atoms with E-state index in [0.29, 0.717) is 5.75 Å². The zero-order valence-electron chi connectivity index (χ0n) is 11.1. The monoisotopic (exact) mass is 292 g/mol. The van der Waals surface area contributed by atoms with Crippen molar-refractivity contribution in [3.05, 3.63) is 66.2 Å². The van der Waals surface area contributed by atoms with E-state index in [1.54, 1.807) is 17.8 Å². The fraction of sp³-hybridized carbons (Fsp3) is 0. The highest BCUT2D eigenvalue weighted by Gasteiger charge is 2.22. The lowest BCUT2D eigenvalue weighted by atomic mass is 10.0. The molecule has 0 atom stereocenters. The predicted octanol–water partition coefficient (Wildman–Crippen LogP) is 4.42. The summed E-state index contributed by atoms with van der Waals surface area (Å²) >= 11 is 1.62. The molecule has 102 valence electrons. The molecule has 0 saturated heterocycles. The number of hydrogen-bond donors (Lipinski definition) is 2. The van der Waals surface area contributed by atoms with Gasteiger partial charge in [0.15, 0.2) is 0 Å². The van der Waals surface area contributed by atoms with E-state index in [-0.39, 0.29) is 0 Å². The number of hydrogen-bond acceptors (Lipinski definition) is 4. The van der Waals surface area contributed by atoms with E-state index in [1.807, 2.05) is 48.5 Å². The topological polar surface area (TPSA) is 44.6 Å². The quantitative estimate of drug-likeness (QED) is 0.687. The number of anilines is 1. The summed E-state index contributed by atoms with van der Waals surface area (Å²) in [6, 6.07) is 19.5. The highest BCUT2D eigenvalue weighted by Crippen LogP contribution is 2.43. The molecule has 0 unspecified atom stereocenters. The van der Waals surface area contributed by atoms with Gasteiger partial charge in [-0.25, -0.2) is 0 Å². The van der Waals surface area contributed by atoms with Gasteiger partial charge in [0, 0.05) is 21.2 Å². The highest BCUT2D eigenvalue weighted by atomic mass is 32.2. The molecule has 2 N–H and O–H groups in total. The van der Waals surface area contributed by atoms with Crippen LogP contribution in [0.1, 0.15) is 5.56 Å². The van der Waals surface area contributed by atoms with Crippen LogP contribution in [0.4, 0.5) is 5.69 Å². The average Bonchev–Trinajstić information content (AvgIpc) is 2.89. The Labute approximate surface area is 126 Å². The number of aromatic hydroxyl groups is 1. The molecule has 4 rings (SSSR count). The van der Waals surface area contributed by atoms with Crippen molar-refractivity contribution >= 4 is 33.3 Å². The Balaban J connectivity index is 1.78. The number of nitrogens with one attached hydrogen (secondary N) is 1. The van der Waals surface area contributed by atoms with E-state index in [0.717, 1.165) is 32.0 Å². The molecule has 1 heterocycles. The molecule has 4 heteroatoms. The van der Waals surface area contributed by atoms with Crippen molar-refractivity contribution in [3.63, 3.8) is 0 Å². The Bertz CT molecular complexity index is 859. The van der Waals surface area contributed by atoms with Crippen LogP contribution in [0.25, 0.3) is 10.8 Å². The number of nitrogens with zero attached hydrogens (tertiary/aromatic N) is 1. The van der Waals surface area contributed by atoms with Crippen LogP contribution in [0.5, 0.6) is 5.75 Å². The summed E-state index contributed by atoms with van der Waals surface area (Å²) in [7, 11) is 0. The van der Waals surface area contributed by atoms with E-state index in [2.05, 4.69) is 16.6 Å². The fourth-order valence-corrected chi connectivity index (χ4v) is 3.54. The number of benzene rings is 3. The summed E-state index contributed by atoms with van der Waals surface area (Å²) in [5.74, 6) is 0.313. The van der Waals surface area contributed by atoms with Crippen LogP contribution >= 0.6 is 11.8 Å². The molecule has 1 aliphatic heterocycles. The maximum Gasteiger partial charge on any atom is 0.129 e. The Hall–Kier alpha value is -2.46. The third-order valence-corrected chi connectivity index (χ3v) is 4.54. The molecule has 21 heavy (non-hydrogen) atoms. The van der Waals surface area contributed by atoms with E-state index < -0.39 is 0 Å². The highest BCUT2D eigenvalue weighted by molar-refractivity contribution is 8.15. The molecule has 0 fully saturated rings. The second-order valence-electron chi connectivity index (χ2n) is 4.81. The second-order valence-corrected chi connectivity index (χ2v) is 5.84. The Morgan fingerprint density at radius 2 is 1.76 bits per heavy atom. The van der Waals surface area contributed by atoms with Crippen molar-refractivity contribution < 1.29 is 5.11 Å². The minimum absolute atomic E-state index is 0.313. The lowest BCUT2D eigenvalue weighted by Gasteiger charge is -2.03. The molecule has 0 bridgehead atoms. The van der Waals surface area contributed by atoms with Crippen LogP contribution in [0.3, 0.4) is 0 Å². The van der Waals surface area contributed by atoms with Crippen molar-refractivity contribution in [2.24, 2.45) is 5.10 Å². The summed E-state index contributed by atoms with van der Waals surface area (Å²) in [6.45, 7) is 0. The van der Waals surface area contributed by atoms with Gasteiger partial charge in [0.2, 0.25) is 0 Å². The average molecular weight is 292 g/mol.